The summed E-state index contributed by atoms with van der Waals surface area (Å²) in [6, 6.07) is 5.90. The summed E-state index contributed by atoms with van der Waals surface area (Å²) in [4.78, 5) is 12.1. The minimum Gasteiger partial charge on any atom is -0.322 e. The lowest BCUT2D eigenvalue weighted by Crippen LogP contribution is -2.37. The molecule has 0 aliphatic carbocycles. The predicted octanol–water partition coefficient (Wildman–Crippen LogP) is 3.81. The first kappa shape index (κ1) is 21.5. The van der Waals surface area contributed by atoms with Crippen molar-refractivity contribution in [3.05, 3.63) is 63.4 Å². The number of halogens is 5. The molecule has 2 aromatic rings. The number of amides is 1. The molecule has 0 saturated heterocycles. The van der Waals surface area contributed by atoms with Crippen molar-refractivity contribution in [3.8, 4) is 0 Å². The second-order valence-electron chi connectivity index (χ2n) is 5.55. The van der Waals surface area contributed by atoms with E-state index in [0.29, 0.717) is 11.6 Å². The highest BCUT2D eigenvalue weighted by atomic mass is 35.5. The number of hydrogen-bond acceptors (Lipinski definition) is 3. The topological polar surface area (TPSA) is 66.5 Å². The minimum absolute atomic E-state index is 0.205. The van der Waals surface area contributed by atoms with Gasteiger partial charge in [-0.2, -0.15) is 4.31 Å². The van der Waals surface area contributed by atoms with Crippen LogP contribution in [0.25, 0.3) is 0 Å². The number of nitrogens with zero attached hydrogens (tertiary/aromatic N) is 1. The zero-order valence-corrected chi connectivity index (χ0v) is 16.1. The van der Waals surface area contributed by atoms with Crippen LogP contribution in [0.1, 0.15) is 5.56 Å². The zero-order valence-electron chi connectivity index (χ0n) is 13.8. The molecule has 0 spiro atoms. The normalized spacial score (nSPS) is 11.7. The van der Waals surface area contributed by atoms with Gasteiger partial charge in [0.25, 0.3) is 0 Å². The van der Waals surface area contributed by atoms with Crippen molar-refractivity contribution in [2.75, 3.05) is 18.1 Å². The molecule has 0 fully saturated rings. The van der Waals surface area contributed by atoms with Crippen LogP contribution < -0.4 is 5.32 Å². The molecule has 27 heavy (non-hydrogen) atoms. The van der Waals surface area contributed by atoms with E-state index in [4.69, 9.17) is 23.2 Å². The fourth-order valence-electron chi connectivity index (χ4n) is 2.10. The summed E-state index contributed by atoms with van der Waals surface area (Å²) in [7, 11) is -3.83. The highest BCUT2D eigenvalue weighted by molar-refractivity contribution is 7.88. The molecule has 1 N–H and O–H groups in total. The van der Waals surface area contributed by atoms with E-state index >= 15 is 0 Å². The van der Waals surface area contributed by atoms with Crippen molar-refractivity contribution in [2.24, 2.45) is 0 Å². The third-order valence-electron chi connectivity index (χ3n) is 3.44. The molecule has 5 nitrogen and oxygen atoms in total. The number of benzene rings is 2. The average molecular weight is 441 g/mol. The van der Waals surface area contributed by atoms with Gasteiger partial charge in [-0.1, -0.05) is 29.3 Å². The molecule has 0 bridgehead atoms. The highest BCUT2D eigenvalue weighted by Gasteiger charge is 2.22. The molecular formula is C16H13Cl2F3N2O3S. The predicted molar refractivity (Wildman–Crippen MR) is 96.7 cm³/mol. The van der Waals surface area contributed by atoms with Gasteiger partial charge < -0.3 is 5.32 Å². The molecule has 0 unspecified atom stereocenters. The van der Waals surface area contributed by atoms with Gasteiger partial charge >= 0.3 is 0 Å². The summed E-state index contributed by atoms with van der Waals surface area (Å²) < 4.78 is 64.5. The van der Waals surface area contributed by atoms with Gasteiger partial charge in [0.1, 0.15) is 0 Å². The molecule has 0 radical (unpaired) electrons. The van der Waals surface area contributed by atoms with Crippen molar-refractivity contribution >= 4 is 44.8 Å². The summed E-state index contributed by atoms with van der Waals surface area (Å²) >= 11 is 11.7. The van der Waals surface area contributed by atoms with Crippen molar-refractivity contribution in [1.29, 1.82) is 0 Å². The van der Waals surface area contributed by atoms with Crippen molar-refractivity contribution in [1.82, 2.24) is 4.31 Å². The Bertz CT molecular complexity index is 987. The van der Waals surface area contributed by atoms with E-state index < -0.39 is 45.6 Å². The van der Waals surface area contributed by atoms with Crippen LogP contribution in [-0.2, 0) is 21.4 Å². The molecule has 0 aliphatic heterocycles. The Balaban J connectivity index is 2.17. The maximum Gasteiger partial charge on any atom is 0.239 e. The SMILES string of the molecule is CS(=O)(=O)N(CC(=O)Nc1ccc(F)c(F)c1F)Cc1ccc(Cl)c(Cl)c1. The quantitative estimate of drug-likeness (QED) is 0.694. The van der Waals surface area contributed by atoms with E-state index in [1.807, 2.05) is 5.32 Å². The molecule has 0 heterocycles. The van der Waals surface area contributed by atoms with Gasteiger partial charge in [-0.05, 0) is 29.8 Å². The summed E-state index contributed by atoms with van der Waals surface area (Å²) in [5, 5.41) is 2.49. The largest absolute Gasteiger partial charge is 0.322 e. The molecule has 0 aromatic heterocycles. The third kappa shape index (κ3) is 5.58. The average Bonchev–Trinajstić information content (AvgIpc) is 2.57. The first-order chi connectivity index (χ1) is 12.5. The lowest BCUT2D eigenvalue weighted by Gasteiger charge is -2.20. The summed E-state index contributed by atoms with van der Waals surface area (Å²) in [5.41, 5.74) is -0.150. The molecule has 0 atom stereocenters. The van der Waals surface area contributed by atoms with E-state index in [-0.39, 0.29) is 16.6 Å². The highest BCUT2D eigenvalue weighted by Crippen LogP contribution is 2.24. The number of rotatable bonds is 6. The van der Waals surface area contributed by atoms with E-state index in [1.165, 1.54) is 18.2 Å². The van der Waals surface area contributed by atoms with Gasteiger partial charge in [0.15, 0.2) is 17.5 Å². The Morgan fingerprint density at radius 1 is 1.07 bits per heavy atom. The van der Waals surface area contributed by atoms with Gasteiger partial charge in [0.05, 0.1) is 28.5 Å². The maximum atomic E-state index is 13.6. The number of sulfonamides is 1. The Kier molecular flexibility index (Phi) is 6.74. The lowest BCUT2D eigenvalue weighted by molar-refractivity contribution is -0.116. The van der Waals surface area contributed by atoms with Gasteiger partial charge in [-0.25, -0.2) is 21.6 Å². The van der Waals surface area contributed by atoms with Crippen LogP contribution in [0.4, 0.5) is 18.9 Å². The Morgan fingerprint density at radius 2 is 1.74 bits per heavy atom. The van der Waals surface area contributed by atoms with Crippen LogP contribution in [0, 0.1) is 17.5 Å². The maximum absolute atomic E-state index is 13.6. The standard InChI is InChI=1S/C16H13Cl2F3N2O3S/c1-27(25,26)23(7-9-2-3-10(17)11(18)6-9)8-14(24)22-13-5-4-12(19)15(20)16(13)21/h2-6H,7-8H2,1H3,(H,22,24). The molecular weight excluding hydrogens is 428 g/mol. The van der Waals surface area contributed by atoms with Gasteiger partial charge in [0, 0.05) is 6.54 Å². The molecule has 1 amide bonds. The Morgan fingerprint density at radius 3 is 2.33 bits per heavy atom. The molecule has 0 aliphatic rings. The smallest absolute Gasteiger partial charge is 0.239 e. The van der Waals surface area contributed by atoms with E-state index in [0.717, 1.165) is 16.6 Å². The van der Waals surface area contributed by atoms with Crippen LogP contribution in [0.15, 0.2) is 30.3 Å². The van der Waals surface area contributed by atoms with Crippen molar-refractivity contribution in [3.63, 3.8) is 0 Å². The van der Waals surface area contributed by atoms with Crippen LogP contribution >= 0.6 is 23.2 Å². The second kappa shape index (κ2) is 8.47. The number of nitrogens with one attached hydrogen (secondary N) is 1. The number of anilines is 1. The lowest BCUT2D eigenvalue weighted by atomic mass is 10.2. The Labute approximate surface area is 163 Å². The second-order valence-corrected chi connectivity index (χ2v) is 8.35. The minimum atomic E-state index is -3.83. The van der Waals surface area contributed by atoms with Gasteiger partial charge in [-0.3, -0.25) is 4.79 Å². The molecule has 2 aromatic carbocycles. The molecule has 2 rings (SSSR count). The van der Waals surface area contributed by atoms with Crippen LogP contribution in [-0.4, -0.2) is 31.4 Å². The van der Waals surface area contributed by atoms with Crippen molar-refractivity contribution < 1.29 is 26.4 Å². The first-order valence-electron chi connectivity index (χ1n) is 7.31. The summed E-state index contributed by atoms with van der Waals surface area (Å²) in [6.07, 6.45) is 0.885. The Hall–Kier alpha value is -1.81. The van der Waals surface area contributed by atoms with Crippen LogP contribution in [0.5, 0.6) is 0 Å². The van der Waals surface area contributed by atoms with Crippen LogP contribution in [0.3, 0.4) is 0 Å². The van der Waals surface area contributed by atoms with E-state index in [2.05, 4.69) is 0 Å². The monoisotopic (exact) mass is 440 g/mol. The molecule has 146 valence electrons. The first-order valence-corrected chi connectivity index (χ1v) is 9.92. The fraction of sp³-hybridized carbons (Fsp3) is 0.188. The zero-order chi connectivity index (χ0) is 20.4. The summed E-state index contributed by atoms with van der Waals surface area (Å²) in [6.45, 7) is -0.888. The number of carbonyl (C=O) groups excluding carboxylic acids is 1. The van der Waals surface area contributed by atoms with E-state index in [1.54, 1.807) is 0 Å². The van der Waals surface area contributed by atoms with Crippen molar-refractivity contribution in [2.45, 2.75) is 6.54 Å². The number of carbonyl (C=O) groups is 1. The van der Waals surface area contributed by atoms with Gasteiger partial charge in [-0.15, -0.1) is 0 Å². The fourth-order valence-corrected chi connectivity index (χ4v) is 3.16. The molecule has 0 saturated carbocycles. The van der Waals surface area contributed by atoms with E-state index in [9.17, 15) is 26.4 Å². The number of hydrogen-bond donors (Lipinski definition) is 1. The van der Waals surface area contributed by atoms with Gasteiger partial charge in [0.2, 0.25) is 15.9 Å². The molecule has 11 heteroatoms. The third-order valence-corrected chi connectivity index (χ3v) is 5.38. The summed E-state index contributed by atoms with van der Waals surface area (Å²) in [5.74, 6) is -5.68. The van der Waals surface area contributed by atoms with Crippen LogP contribution in [0.2, 0.25) is 10.0 Å².